The number of ether oxygens (including phenoxy) is 2. The highest BCUT2D eigenvalue weighted by atomic mass is 32.1. The van der Waals surface area contributed by atoms with Crippen molar-refractivity contribution in [1.29, 1.82) is 0 Å². The number of methoxy groups -OCH3 is 1. The van der Waals surface area contributed by atoms with Crippen LogP contribution in [0.1, 0.15) is 18.5 Å². The molecule has 45 heavy (non-hydrogen) atoms. The van der Waals surface area contributed by atoms with Gasteiger partial charge in [-0.3, -0.25) is 9.78 Å². The van der Waals surface area contributed by atoms with Crippen LogP contribution in [-0.4, -0.2) is 57.0 Å². The van der Waals surface area contributed by atoms with Crippen molar-refractivity contribution in [2.45, 2.75) is 25.8 Å². The first-order valence-corrected chi connectivity index (χ1v) is 15.0. The number of benzene rings is 2. The minimum absolute atomic E-state index is 0.0672. The lowest BCUT2D eigenvalue weighted by molar-refractivity contribution is -0.126. The molecule has 3 aromatic heterocycles. The van der Waals surface area contributed by atoms with Crippen LogP contribution in [0.25, 0.3) is 21.3 Å². The van der Waals surface area contributed by atoms with E-state index >= 15 is 4.39 Å². The summed E-state index contributed by atoms with van der Waals surface area (Å²) in [6.45, 7) is 6.41. The van der Waals surface area contributed by atoms with Gasteiger partial charge in [-0.2, -0.15) is 0 Å². The van der Waals surface area contributed by atoms with Crippen molar-refractivity contribution in [1.82, 2.24) is 24.8 Å². The summed E-state index contributed by atoms with van der Waals surface area (Å²) in [5, 5.41) is 7.55. The van der Waals surface area contributed by atoms with Gasteiger partial charge in [-0.25, -0.2) is 23.7 Å². The van der Waals surface area contributed by atoms with Crippen molar-refractivity contribution in [2.24, 2.45) is 0 Å². The molecule has 2 N–H and O–H groups in total. The Morgan fingerprint density at radius 1 is 1.04 bits per heavy atom. The first-order valence-electron chi connectivity index (χ1n) is 14.1. The van der Waals surface area contributed by atoms with E-state index in [0.717, 1.165) is 18.5 Å². The zero-order chi connectivity index (χ0) is 31.5. The van der Waals surface area contributed by atoms with Crippen molar-refractivity contribution in [2.75, 3.05) is 30.8 Å². The number of nitrogens with one attached hydrogen (secondary N) is 2. The number of piperidine rings is 1. The number of carbonyl (C=O) groups is 1. The van der Waals surface area contributed by atoms with Gasteiger partial charge < -0.3 is 25.0 Å². The van der Waals surface area contributed by atoms with Crippen molar-refractivity contribution < 1.29 is 23.0 Å². The predicted octanol–water partition coefficient (Wildman–Crippen LogP) is 6.87. The van der Waals surface area contributed by atoms with Gasteiger partial charge in [0.05, 0.1) is 34.6 Å². The van der Waals surface area contributed by atoms with Gasteiger partial charge in [0.15, 0.2) is 0 Å². The van der Waals surface area contributed by atoms with Crippen LogP contribution in [0.3, 0.4) is 0 Å². The fraction of sp³-hybridized carbons (Fsp3) is 0.219. The van der Waals surface area contributed by atoms with Crippen LogP contribution in [-0.2, 0) is 4.79 Å². The number of anilines is 3. The molecule has 0 unspecified atom stereocenters. The molecule has 4 heterocycles. The van der Waals surface area contributed by atoms with Crippen LogP contribution in [0.2, 0.25) is 0 Å². The molecule has 10 nitrogen and oxygen atoms in total. The number of thiazole rings is 1. The van der Waals surface area contributed by atoms with Crippen LogP contribution in [0, 0.1) is 18.6 Å². The van der Waals surface area contributed by atoms with E-state index in [1.807, 2.05) is 6.07 Å². The number of rotatable bonds is 9. The predicted molar refractivity (Wildman–Crippen MR) is 169 cm³/mol. The van der Waals surface area contributed by atoms with Gasteiger partial charge in [-0.05, 0) is 50.1 Å². The molecule has 0 bridgehead atoms. The van der Waals surface area contributed by atoms with E-state index in [-0.39, 0.29) is 28.6 Å². The molecule has 230 valence electrons. The molecule has 0 atom stereocenters. The van der Waals surface area contributed by atoms with E-state index in [0.29, 0.717) is 51.7 Å². The van der Waals surface area contributed by atoms with E-state index < -0.39 is 11.6 Å². The maximum absolute atomic E-state index is 15.3. The average molecular weight is 630 g/mol. The zero-order valence-electron chi connectivity index (χ0n) is 24.5. The molecule has 6 rings (SSSR count). The summed E-state index contributed by atoms with van der Waals surface area (Å²) in [7, 11) is 1.59. The lowest BCUT2D eigenvalue weighted by atomic mass is 10.0. The van der Waals surface area contributed by atoms with E-state index in [1.165, 1.54) is 35.9 Å². The summed E-state index contributed by atoms with van der Waals surface area (Å²) in [5.41, 5.74) is 2.44. The van der Waals surface area contributed by atoms with E-state index in [9.17, 15) is 9.18 Å². The highest BCUT2D eigenvalue weighted by molar-refractivity contribution is 7.16. The molecule has 5 aromatic rings. The number of nitrogens with zero attached hydrogens (tertiary/aromatic N) is 5. The summed E-state index contributed by atoms with van der Waals surface area (Å²) in [6, 6.07) is 9.61. The first kappa shape index (κ1) is 29.9. The van der Waals surface area contributed by atoms with Gasteiger partial charge in [0.2, 0.25) is 5.91 Å². The first-order chi connectivity index (χ1) is 21.8. The van der Waals surface area contributed by atoms with Crippen LogP contribution < -0.4 is 20.1 Å². The fourth-order valence-corrected chi connectivity index (χ4v) is 5.79. The molecule has 0 radical (unpaired) electrons. The normalized spacial score (nSPS) is 13.5. The minimum atomic E-state index is -0.562. The zero-order valence-corrected chi connectivity index (χ0v) is 25.3. The second-order valence-electron chi connectivity index (χ2n) is 10.4. The Bertz CT molecular complexity index is 1890. The summed E-state index contributed by atoms with van der Waals surface area (Å²) < 4.78 is 40.7. The molecule has 13 heteroatoms. The van der Waals surface area contributed by atoms with E-state index in [4.69, 9.17) is 9.47 Å². The van der Waals surface area contributed by atoms with Gasteiger partial charge >= 0.3 is 0 Å². The number of likely N-dealkylation sites (tertiary alicyclic amines) is 1. The number of aromatic nitrogens is 4. The van der Waals surface area contributed by atoms with Crippen molar-refractivity contribution in [3.63, 3.8) is 0 Å². The molecule has 1 aliphatic heterocycles. The molecule has 2 aromatic carbocycles. The lowest BCUT2D eigenvalue weighted by Gasteiger charge is -2.32. The number of hydrogen-bond acceptors (Lipinski definition) is 10. The maximum Gasteiger partial charge on any atom is 0.279 e. The van der Waals surface area contributed by atoms with Crippen LogP contribution in [0.5, 0.6) is 16.7 Å². The molecule has 0 saturated carbocycles. The molecule has 1 saturated heterocycles. The monoisotopic (exact) mass is 629 g/mol. The smallest absolute Gasteiger partial charge is 0.279 e. The largest absolute Gasteiger partial charge is 0.495 e. The Hall–Kier alpha value is -5.17. The molecule has 0 spiro atoms. The number of hydrogen-bond donors (Lipinski definition) is 2. The topological polar surface area (TPSA) is 114 Å². The van der Waals surface area contributed by atoms with Gasteiger partial charge in [0.25, 0.3) is 5.19 Å². The van der Waals surface area contributed by atoms with Gasteiger partial charge in [-0.15, -0.1) is 0 Å². The second-order valence-corrected chi connectivity index (χ2v) is 11.4. The third kappa shape index (κ3) is 6.53. The molecule has 1 fully saturated rings. The second kappa shape index (κ2) is 12.8. The SMILES string of the molecule is C=CC(=O)N1CCC(Nc2cc3c(Nc4ccc(Oc5ncc(-c6cnc(C)c(F)c6)s5)cc4F)ncnc3cc2OC)CC1. The van der Waals surface area contributed by atoms with Crippen LogP contribution in [0.15, 0.2) is 67.8 Å². The van der Waals surface area contributed by atoms with E-state index in [2.05, 4.69) is 37.1 Å². The molecule has 0 aliphatic carbocycles. The Balaban J connectivity index is 1.18. The number of halogens is 2. The van der Waals surface area contributed by atoms with Crippen LogP contribution in [0.4, 0.5) is 26.0 Å². The van der Waals surface area contributed by atoms with Crippen molar-refractivity contribution in [3.05, 3.63) is 85.1 Å². The summed E-state index contributed by atoms with van der Waals surface area (Å²) in [4.78, 5) is 31.4. The Labute approximate surface area is 261 Å². The standard InChI is InChI=1S/C32H29F2N7O3S/c1-4-30(42)41-9-7-20(8-10-41)39-27-13-22-26(14-28(27)43-3)37-17-38-31(22)40-25-6-5-21(12-24(25)34)44-32-36-16-29(45-32)19-11-23(33)18(2)35-15-19/h4-6,11-17,20,39H,1,7-10H2,2-3H3,(H,37,38,40). The minimum Gasteiger partial charge on any atom is -0.495 e. The number of pyridine rings is 1. The van der Waals surface area contributed by atoms with E-state index in [1.54, 1.807) is 49.5 Å². The average Bonchev–Trinajstić information content (AvgIpc) is 3.52. The van der Waals surface area contributed by atoms with Gasteiger partial charge in [-0.1, -0.05) is 17.9 Å². The molecular formula is C32H29F2N7O3S. The summed E-state index contributed by atoms with van der Waals surface area (Å²) in [6.07, 6.45) is 7.39. The number of carbonyl (C=O) groups excluding carboxylic acids is 1. The quantitative estimate of drug-likeness (QED) is 0.169. The third-order valence-electron chi connectivity index (χ3n) is 7.49. The highest BCUT2D eigenvalue weighted by Gasteiger charge is 2.23. The lowest BCUT2D eigenvalue weighted by Crippen LogP contribution is -2.41. The van der Waals surface area contributed by atoms with Gasteiger partial charge in [0, 0.05) is 54.6 Å². The number of aryl methyl sites for hydroxylation is 1. The van der Waals surface area contributed by atoms with Crippen LogP contribution >= 0.6 is 11.3 Å². The van der Waals surface area contributed by atoms with Crippen molar-refractivity contribution >= 4 is 45.3 Å². The fourth-order valence-electron chi connectivity index (χ4n) is 5.03. The Morgan fingerprint density at radius 3 is 2.60 bits per heavy atom. The van der Waals surface area contributed by atoms with Gasteiger partial charge in [0.1, 0.15) is 35.3 Å². The summed E-state index contributed by atoms with van der Waals surface area (Å²) >= 11 is 1.20. The third-order valence-corrected chi connectivity index (χ3v) is 8.41. The Morgan fingerprint density at radius 2 is 1.87 bits per heavy atom. The number of fused-ring (bicyclic) bond motifs is 1. The maximum atomic E-state index is 15.3. The molecular weight excluding hydrogens is 600 g/mol. The Kier molecular flexibility index (Phi) is 8.52. The molecule has 1 aliphatic rings. The van der Waals surface area contributed by atoms with Crippen molar-refractivity contribution in [3.8, 4) is 27.1 Å². The number of amides is 1. The highest BCUT2D eigenvalue weighted by Crippen LogP contribution is 2.37. The summed E-state index contributed by atoms with van der Waals surface area (Å²) in [5.74, 6) is 0.232. The molecule has 1 amide bonds.